The lowest BCUT2D eigenvalue weighted by Crippen LogP contribution is -2.48. The van der Waals surface area contributed by atoms with Gasteiger partial charge < -0.3 is 9.80 Å². The largest absolute Gasteiger partial charge is 0.333 e. The topological polar surface area (TPSA) is 53.5 Å². The van der Waals surface area contributed by atoms with Crippen LogP contribution in [0.5, 0.6) is 0 Å². The number of hydrogen-bond donors (Lipinski definition) is 0. The lowest BCUT2D eigenvalue weighted by atomic mass is 9.96. The van der Waals surface area contributed by atoms with Gasteiger partial charge in [0.05, 0.1) is 5.56 Å². The molecule has 0 unspecified atom stereocenters. The summed E-state index contributed by atoms with van der Waals surface area (Å²) in [5, 5.41) is 0. The summed E-state index contributed by atoms with van der Waals surface area (Å²) in [7, 11) is 0. The first kappa shape index (κ1) is 18.9. The van der Waals surface area contributed by atoms with Crippen LogP contribution < -0.4 is 0 Å². The zero-order chi connectivity index (χ0) is 18.8. The Kier molecular flexibility index (Phi) is 5.64. The highest BCUT2D eigenvalue weighted by atomic mass is 16.2. The van der Waals surface area contributed by atoms with Crippen molar-refractivity contribution in [1.82, 2.24) is 14.8 Å². The maximum atomic E-state index is 12.9. The Hall–Kier alpha value is -1.91. The average molecular weight is 357 g/mol. The van der Waals surface area contributed by atoms with E-state index in [0.29, 0.717) is 11.3 Å². The zero-order valence-corrected chi connectivity index (χ0v) is 16.4. The first-order valence-electron chi connectivity index (χ1n) is 10.0. The van der Waals surface area contributed by atoms with Gasteiger partial charge in [-0.25, -0.2) is 0 Å². The van der Waals surface area contributed by atoms with Crippen molar-refractivity contribution in [3.8, 4) is 0 Å². The van der Waals surface area contributed by atoms with Gasteiger partial charge in [0.25, 0.3) is 11.8 Å². The molecule has 0 saturated carbocycles. The molecule has 2 saturated heterocycles. The van der Waals surface area contributed by atoms with Crippen LogP contribution in [0.3, 0.4) is 0 Å². The highest BCUT2D eigenvalue weighted by Gasteiger charge is 2.32. The quantitative estimate of drug-likeness (QED) is 0.807. The van der Waals surface area contributed by atoms with E-state index < -0.39 is 0 Å². The molecule has 0 spiro atoms. The number of piperidine rings is 2. The van der Waals surface area contributed by atoms with Gasteiger partial charge in [-0.15, -0.1) is 0 Å². The highest BCUT2D eigenvalue weighted by molar-refractivity contribution is 5.96. The van der Waals surface area contributed by atoms with E-state index in [4.69, 9.17) is 0 Å². The van der Waals surface area contributed by atoms with Crippen molar-refractivity contribution >= 4 is 11.8 Å². The number of hydrogen-bond acceptors (Lipinski definition) is 3. The lowest BCUT2D eigenvalue weighted by molar-refractivity contribution is 0.0492. The van der Waals surface area contributed by atoms with Crippen LogP contribution in [0.1, 0.15) is 87.1 Å². The third-order valence-electron chi connectivity index (χ3n) is 6.09. The summed E-state index contributed by atoms with van der Waals surface area (Å²) in [5.74, 6) is -0.000634. The van der Waals surface area contributed by atoms with Crippen molar-refractivity contribution in [2.75, 3.05) is 0 Å². The van der Waals surface area contributed by atoms with Gasteiger partial charge in [-0.05, 0) is 78.4 Å². The first-order chi connectivity index (χ1) is 12.4. The maximum absolute atomic E-state index is 12.9. The molecule has 5 heteroatoms. The zero-order valence-electron chi connectivity index (χ0n) is 16.4. The van der Waals surface area contributed by atoms with Gasteiger partial charge in [0, 0.05) is 30.4 Å². The number of nitrogens with zero attached hydrogens (tertiary/aromatic N) is 3. The SMILES string of the molecule is C[C@@H]1CCC[C@H](C)N1C(=O)c1ccc(C(=O)N2[C@@H](C)CCC[C@@H]2C)cn1. The normalized spacial score (nSPS) is 29.5. The molecule has 2 aliphatic rings. The fourth-order valence-corrected chi connectivity index (χ4v) is 4.57. The van der Waals surface area contributed by atoms with Gasteiger partial charge in [-0.3, -0.25) is 14.6 Å². The van der Waals surface area contributed by atoms with Crippen LogP contribution in [-0.2, 0) is 0 Å². The average Bonchev–Trinajstić information content (AvgIpc) is 2.61. The molecule has 0 aliphatic carbocycles. The van der Waals surface area contributed by atoms with Crippen LogP contribution in [0.15, 0.2) is 18.3 Å². The summed E-state index contributed by atoms with van der Waals surface area (Å²) >= 11 is 0. The summed E-state index contributed by atoms with van der Waals surface area (Å²) in [6.07, 6.45) is 8.08. The summed E-state index contributed by atoms with van der Waals surface area (Å²) in [4.78, 5) is 34.0. The van der Waals surface area contributed by atoms with Crippen LogP contribution in [0, 0.1) is 0 Å². The Morgan fingerprint density at radius 2 is 1.27 bits per heavy atom. The van der Waals surface area contributed by atoms with E-state index in [-0.39, 0.29) is 36.0 Å². The fourth-order valence-electron chi connectivity index (χ4n) is 4.57. The molecular formula is C21H31N3O2. The maximum Gasteiger partial charge on any atom is 0.272 e. The second-order valence-corrected chi connectivity index (χ2v) is 8.11. The molecule has 2 fully saturated rings. The monoisotopic (exact) mass is 357 g/mol. The highest BCUT2D eigenvalue weighted by Crippen LogP contribution is 2.26. The predicted octanol–water partition coefficient (Wildman–Crippen LogP) is 3.89. The smallest absolute Gasteiger partial charge is 0.272 e. The third kappa shape index (κ3) is 3.62. The number of pyridine rings is 1. The molecule has 0 aromatic carbocycles. The molecule has 2 amide bonds. The van der Waals surface area contributed by atoms with Gasteiger partial charge in [0.15, 0.2) is 0 Å². The molecular weight excluding hydrogens is 326 g/mol. The van der Waals surface area contributed by atoms with Gasteiger partial charge in [0.2, 0.25) is 0 Å². The molecule has 4 atom stereocenters. The number of rotatable bonds is 2. The van der Waals surface area contributed by atoms with E-state index in [1.165, 1.54) is 12.8 Å². The minimum atomic E-state index is -0.0246. The minimum absolute atomic E-state index is 0.0240. The fraction of sp³-hybridized carbons (Fsp3) is 0.667. The Labute approximate surface area is 156 Å². The first-order valence-corrected chi connectivity index (χ1v) is 10.0. The molecule has 26 heavy (non-hydrogen) atoms. The molecule has 5 nitrogen and oxygen atoms in total. The molecule has 3 heterocycles. The second-order valence-electron chi connectivity index (χ2n) is 8.11. The van der Waals surface area contributed by atoms with Crippen molar-refractivity contribution in [3.05, 3.63) is 29.6 Å². The molecule has 0 N–H and O–H groups in total. The number of aromatic nitrogens is 1. The summed E-state index contributed by atoms with van der Waals surface area (Å²) < 4.78 is 0. The predicted molar refractivity (Wildman–Crippen MR) is 102 cm³/mol. The number of carbonyl (C=O) groups is 2. The third-order valence-corrected chi connectivity index (χ3v) is 6.09. The number of likely N-dealkylation sites (tertiary alicyclic amines) is 2. The van der Waals surface area contributed by atoms with Crippen molar-refractivity contribution in [2.45, 2.75) is 90.4 Å². The number of amides is 2. The van der Waals surface area contributed by atoms with Gasteiger partial charge in [-0.1, -0.05) is 0 Å². The minimum Gasteiger partial charge on any atom is -0.333 e. The van der Waals surface area contributed by atoms with Crippen LogP contribution >= 0.6 is 0 Å². The lowest BCUT2D eigenvalue weighted by Gasteiger charge is -2.39. The van der Waals surface area contributed by atoms with E-state index in [9.17, 15) is 9.59 Å². The van der Waals surface area contributed by atoms with Gasteiger partial charge >= 0.3 is 0 Å². The van der Waals surface area contributed by atoms with Crippen molar-refractivity contribution in [3.63, 3.8) is 0 Å². The molecule has 1 aromatic rings. The van der Waals surface area contributed by atoms with Gasteiger partial charge in [-0.2, -0.15) is 0 Å². The number of carbonyl (C=O) groups excluding carboxylic acids is 2. The van der Waals surface area contributed by atoms with Crippen LogP contribution in [0.4, 0.5) is 0 Å². The Bertz CT molecular complexity index is 581. The Morgan fingerprint density at radius 1 is 0.808 bits per heavy atom. The van der Waals surface area contributed by atoms with Crippen LogP contribution in [0.25, 0.3) is 0 Å². The van der Waals surface area contributed by atoms with Crippen molar-refractivity contribution in [2.24, 2.45) is 0 Å². The van der Waals surface area contributed by atoms with Crippen molar-refractivity contribution in [1.29, 1.82) is 0 Å². The summed E-state index contributed by atoms with van der Waals surface area (Å²) in [6.45, 7) is 8.42. The van der Waals surface area contributed by atoms with E-state index in [2.05, 4.69) is 32.7 Å². The van der Waals surface area contributed by atoms with E-state index in [1.807, 2.05) is 9.80 Å². The standard InChI is InChI=1S/C21H31N3O2/c1-14-7-5-8-15(2)23(14)20(25)18-11-12-19(22-13-18)21(26)24-16(3)9-6-10-17(24)4/h11-17H,5-10H2,1-4H3/t14-,15-,16-,17+/m0/s1. The van der Waals surface area contributed by atoms with E-state index in [1.54, 1.807) is 18.3 Å². The molecule has 0 radical (unpaired) electrons. The Morgan fingerprint density at radius 3 is 1.69 bits per heavy atom. The van der Waals surface area contributed by atoms with E-state index >= 15 is 0 Å². The summed E-state index contributed by atoms with van der Waals surface area (Å²) in [6, 6.07) is 4.46. The Balaban J connectivity index is 1.75. The van der Waals surface area contributed by atoms with Gasteiger partial charge in [0.1, 0.15) is 5.69 Å². The summed E-state index contributed by atoms with van der Waals surface area (Å²) in [5.41, 5.74) is 1.00. The second kappa shape index (κ2) is 7.77. The molecule has 0 bridgehead atoms. The van der Waals surface area contributed by atoms with Crippen molar-refractivity contribution < 1.29 is 9.59 Å². The van der Waals surface area contributed by atoms with E-state index in [0.717, 1.165) is 25.7 Å². The molecule has 142 valence electrons. The molecule has 2 aliphatic heterocycles. The van der Waals surface area contributed by atoms with Crippen LogP contribution in [-0.4, -0.2) is 50.8 Å². The van der Waals surface area contributed by atoms with Crippen LogP contribution in [0.2, 0.25) is 0 Å². The molecule has 1 aromatic heterocycles. The molecule has 3 rings (SSSR count).